The largest absolute Gasteiger partial charge is 0.377 e. The molecule has 3 rings (SSSR count). The number of rotatable bonds is 1. The minimum absolute atomic E-state index is 0.431. The molecule has 1 nitrogen and oxygen atoms in total. The van der Waals surface area contributed by atoms with Crippen molar-refractivity contribution < 1.29 is 0 Å². The maximum absolute atomic E-state index is 3.70. The van der Waals surface area contributed by atoms with Crippen molar-refractivity contribution in [1.82, 2.24) is 0 Å². The second-order valence-electron chi connectivity index (χ2n) is 5.31. The SMILES string of the molecule is Cc1ccccc1C1Cc2c(C)ccc(C)c2N1. The van der Waals surface area contributed by atoms with E-state index >= 15 is 0 Å². The van der Waals surface area contributed by atoms with Crippen molar-refractivity contribution in [2.45, 2.75) is 33.2 Å². The quantitative estimate of drug-likeness (QED) is 0.778. The zero-order valence-electron chi connectivity index (χ0n) is 11.2. The Kier molecular flexibility index (Phi) is 2.62. The number of anilines is 1. The monoisotopic (exact) mass is 237 g/mol. The summed E-state index contributed by atoms with van der Waals surface area (Å²) in [6.07, 6.45) is 1.10. The molecule has 1 heterocycles. The van der Waals surface area contributed by atoms with E-state index in [0.29, 0.717) is 6.04 Å². The van der Waals surface area contributed by atoms with Crippen molar-refractivity contribution in [1.29, 1.82) is 0 Å². The molecule has 0 fully saturated rings. The summed E-state index contributed by atoms with van der Waals surface area (Å²) in [5, 5.41) is 3.70. The van der Waals surface area contributed by atoms with Crippen LogP contribution in [-0.2, 0) is 6.42 Å². The van der Waals surface area contributed by atoms with E-state index in [1.165, 1.54) is 33.5 Å². The predicted molar refractivity (Wildman–Crippen MR) is 77.2 cm³/mol. The van der Waals surface area contributed by atoms with Crippen molar-refractivity contribution in [3.05, 3.63) is 64.2 Å². The van der Waals surface area contributed by atoms with Gasteiger partial charge in [0.25, 0.3) is 0 Å². The van der Waals surface area contributed by atoms with E-state index in [9.17, 15) is 0 Å². The fourth-order valence-corrected chi connectivity index (χ4v) is 2.93. The molecule has 0 radical (unpaired) electrons. The van der Waals surface area contributed by atoms with Crippen LogP contribution in [0.1, 0.15) is 33.9 Å². The first-order valence-electron chi connectivity index (χ1n) is 6.58. The van der Waals surface area contributed by atoms with E-state index in [4.69, 9.17) is 0 Å². The third-order valence-electron chi connectivity index (χ3n) is 4.05. The van der Waals surface area contributed by atoms with Gasteiger partial charge in [0.05, 0.1) is 6.04 Å². The molecule has 0 saturated carbocycles. The molecule has 0 bridgehead atoms. The van der Waals surface area contributed by atoms with Gasteiger partial charge in [0.2, 0.25) is 0 Å². The molecular weight excluding hydrogens is 218 g/mol. The summed E-state index contributed by atoms with van der Waals surface area (Å²) >= 11 is 0. The Bertz CT molecular complexity index is 568. The number of hydrogen-bond acceptors (Lipinski definition) is 1. The van der Waals surface area contributed by atoms with Gasteiger partial charge in [-0.1, -0.05) is 36.4 Å². The van der Waals surface area contributed by atoms with E-state index in [0.717, 1.165) is 6.42 Å². The van der Waals surface area contributed by atoms with Crippen molar-refractivity contribution in [2.24, 2.45) is 0 Å². The van der Waals surface area contributed by atoms with Crippen LogP contribution in [0.3, 0.4) is 0 Å². The van der Waals surface area contributed by atoms with Gasteiger partial charge in [0, 0.05) is 5.69 Å². The van der Waals surface area contributed by atoms with Gasteiger partial charge in [-0.2, -0.15) is 0 Å². The Morgan fingerprint density at radius 2 is 1.61 bits per heavy atom. The molecule has 1 N–H and O–H groups in total. The Hall–Kier alpha value is -1.76. The van der Waals surface area contributed by atoms with Crippen LogP contribution < -0.4 is 5.32 Å². The first kappa shape index (κ1) is 11.3. The van der Waals surface area contributed by atoms with Crippen LogP contribution in [0.25, 0.3) is 0 Å². The summed E-state index contributed by atoms with van der Waals surface area (Å²) < 4.78 is 0. The van der Waals surface area contributed by atoms with Gasteiger partial charge in [-0.25, -0.2) is 0 Å². The molecule has 1 atom stereocenters. The molecule has 2 aromatic carbocycles. The second-order valence-corrected chi connectivity index (χ2v) is 5.31. The van der Waals surface area contributed by atoms with Gasteiger partial charge in [-0.15, -0.1) is 0 Å². The molecule has 0 spiro atoms. The van der Waals surface area contributed by atoms with E-state index in [2.05, 4.69) is 62.5 Å². The normalized spacial score (nSPS) is 17.4. The Labute approximate surface area is 109 Å². The molecule has 2 aromatic rings. The molecule has 0 saturated heterocycles. The van der Waals surface area contributed by atoms with Crippen molar-refractivity contribution in [3.63, 3.8) is 0 Å². The van der Waals surface area contributed by atoms with E-state index in [1.54, 1.807) is 0 Å². The highest BCUT2D eigenvalue weighted by Gasteiger charge is 2.25. The third-order valence-corrected chi connectivity index (χ3v) is 4.05. The van der Waals surface area contributed by atoms with Crippen LogP contribution in [0.5, 0.6) is 0 Å². The summed E-state index contributed by atoms with van der Waals surface area (Å²) in [5.41, 5.74) is 8.39. The molecule has 92 valence electrons. The second kappa shape index (κ2) is 4.16. The van der Waals surface area contributed by atoms with Crippen molar-refractivity contribution in [2.75, 3.05) is 5.32 Å². The lowest BCUT2D eigenvalue weighted by Gasteiger charge is -2.14. The number of nitrogens with one attached hydrogen (secondary N) is 1. The molecule has 1 aliphatic rings. The summed E-state index contributed by atoms with van der Waals surface area (Å²) in [6.45, 7) is 6.59. The highest BCUT2D eigenvalue weighted by Crippen LogP contribution is 2.38. The number of hydrogen-bond donors (Lipinski definition) is 1. The molecule has 0 aromatic heterocycles. The van der Waals surface area contributed by atoms with Crippen molar-refractivity contribution in [3.8, 4) is 0 Å². The summed E-state index contributed by atoms with van der Waals surface area (Å²) in [7, 11) is 0. The summed E-state index contributed by atoms with van der Waals surface area (Å²) in [5.74, 6) is 0. The lowest BCUT2D eigenvalue weighted by molar-refractivity contribution is 0.813. The average molecular weight is 237 g/mol. The number of benzene rings is 2. The van der Waals surface area contributed by atoms with E-state index in [-0.39, 0.29) is 0 Å². The van der Waals surface area contributed by atoms with Crippen molar-refractivity contribution >= 4 is 5.69 Å². The first-order valence-corrected chi connectivity index (χ1v) is 6.58. The lowest BCUT2D eigenvalue weighted by atomic mass is 9.96. The maximum atomic E-state index is 3.70. The Morgan fingerprint density at radius 3 is 2.33 bits per heavy atom. The molecule has 0 aliphatic carbocycles. The molecule has 1 unspecified atom stereocenters. The zero-order chi connectivity index (χ0) is 12.7. The van der Waals surface area contributed by atoms with E-state index < -0.39 is 0 Å². The lowest BCUT2D eigenvalue weighted by Crippen LogP contribution is -2.07. The number of aryl methyl sites for hydroxylation is 3. The fourth-order valence-electron chi connectivity index (χ4n) is 2.93. The van der Waals surface area contributed by atoms with Crippen LogP contribution in [-0.4, -0.2) is 0 Å². The van der Waals surface area contributed by atoms with E-state index in [1.807, 2.05) is 0 Å². The zero-order valence-corrected chi connectivity index (χ0v) is 11.2. The topological polar surface area (TPSA) is 12.0 Å². The number of fused-ring (bicyclic) bond motifs is 1. The molecule has 18 heavy (non-hydrogen) atoms. The molecule has 0 amide bonds. The summed E-state index contributed by atoms with van der Waals surface area (Å²) in [6, 6.07) is 13.5. The Morgan fingerprint density at radius 1 is 0.889 bits per heavy atom. The van der Waals surface area contributed by atoms with Crippen LogP contribution in [0.15, 0.2) is 36.4 Å². The molecule has 1 aliphatic heterocycles. The minimum Gasteiger partial charge on any atom is -0.377 e. The van der Waals surface area contributed by atoms with Crippen LogP contribution in [0.2, 0.25) is 0 Å². The van der Waals surface area contributed by atoms with Gasteiger partial charge >= 0.3 is 0 Å². The predicted octanol–water partition coefficient (Wildman–Crippen LogP) is 4.32. The highest BCUT2D eigenvalue weighted by atomic mass is 15.0. The van der Waals surface area contributed by atoms with Crippen LogP contribution in [0, 0.1) is 20.8 Å². The average Bonchev–Trinajstić information content (AvgIpc) is 2.80. The summed E-state index contributed by atoms with van der Waals surface area (Å²) in [4.78, 5) is 0. The standard InChI is InChI=1S/C17H19N/c1-11-6-4-5-7-14(11)16-10-15-12(2)8-9-13(3)17(15)18-16/h4-9,16,18H,10H2,1-3H3. The van der Waals surface area contributed by atoms with Gasteiger partial charge in [0.15, 0.2) is 0 Å². The minimum atomic E-state index is 0.431. The van der Waals surface area contributed by atoms with Gasteiger partial charge < -0.3 is 5.32 Å². The van der Waals surface area contributed by atoms with Gasteiger partial charge in [0.1, 0.15) is 0 Å². The smallest absolute Gasteiger partial charge is 0.0557 e. The highest BCUT2D eigenvalue weighted by molar-refractivity contribution is 5.65. The van der Waals surface area contributed by atoms with Crippen LogP contribution >= 0.6 is 0 Å². The first-order chi connectivity index (χ1) is 8.66. The third kappa shape index (κ3) is 1.71. The van der Waals surface area contributed by atoms with Crippen LogP contribution in [0.4, 0.5) is 5.69 Å². The maximum Gasteiger partial charge on any atom is 0.0557 e. The molecular formula is C17H19N. The van der Waals surface area contributed by atoms with Gasteiger partial charge in [-0.05, 0) is 55.0 Å². The Balaban J connectivity index is 2.01. The fraction of sp³-hybridized carbons (Fsp3) is 0.294. The van der Waals surface area contributed by atoms with Gasteiger partial charge in [-0.3, -0.25) is 0 Å². The molecule has 1 heteroatoms.